The number of hydrogen-bond acceptors (Lipinski definition) is 3. The Kier molecular flexibility index (Phi) is 6.49. The molecule has 29 heavy (non-hydrogen) atoms. The van der Waals surface area contributed by atoms with Gasteiger partial charge in [0.25, 0.3) is 5.91 Å². The fourth-order valence-corrected chi connectivity index (χ4v) is 3.15. The van der Waals surface area contributed by atoms with E-state index in [1.54, 1.807) is 28.9 Å². The lowest BCUT2D eigenvalue weighted by Gasteiger charge is -2.13. The van der Waals surface area contributed by atoms with E-state index in [1.165, 1.54) is 18.3 Å². The summed E-state index contributed by atoms with van der Waals surface area (Å²) >= 11 is 6.08. The van der Waals surface area contributed by atoms with Gasteiger partial charge in [-0.25, -0.2) is 4.68 Å². The summed E-state index contributed by atoms with van der Waals surface area (Å²) in [6.07, 6.45) is 1.53. The van der Waals surface area contributed by atoms with Crippen molar-refractivity contribution >= 4 is 17.5 Å². The van der Waals surface area contributed by atoms with Crippen LogP contribution in [0.3, 0.4) is 0 Å². The highest BCUT2D eigenvalue weighted by molar-refractivity contribution is 6.30. The van der Waals surface area contributed by atoms with E-state index >= 15 is 0 Å². The summed E-state index contributed by atoms with van der Waals surface area (Å²) in [5.74, 6) is -0.155. The minimum absolute atomic E-state index is 0.0445. The molecule has 0 aliphatic heterocycles. The topological polar surface area (TPSA) is 56.1 Å². The lowest BCUT2D eigenvalue weighted by molar-refractivity contribution is -0.0498. The van der Waals surface area contributed by atoms with Gasteiger partial charge in [0, 0.05) is 11.6 Å². The lowest BCUT2D eigenvalue weighted by atomic mass is 10.0. The van der Waals surface area contributed by atoms with Crippen molar-refractivity contribution in [3.63, 3.8) is 0 Å². The van der Waals surface area contributed by atoms with Crippen LogP contribution in [0.2, 0.25) is 5.02 Å². The van der Waals surface area contributed by atoms with Gasteiger partial charge in [0.15, 0.2) is 0 Å². The molecule has 5 nitrogen and oxygen atoms in total. The monoisotopic (exact) mass is 419 g/mol. The second-order valence-electron chi connectivity index (χ2n) is 6.69. The van der Waals surface area contributed by atoms with E-state index in [0.717, 1.165) is 16.9 Å². The van der Waals surface area contributed by atoms with Gasteiger partial charge in [0.05, 0.1) is 23.1 Å². The average Bonchev–Trinajstić information content (AvgIpc) is 3.12. The number of aromatic nitrogens is 2. The average molecular weight is 420 g/mol. The molecule has 0 aliphatic rings. The van der Waals surface area contributed by atoms with Gasteiger partial charge in [-0.3, -0.25) is 4.79 Å². The van der Waals surface area contributed by atoms with Gasteiger partial charge in [0.2, 0.25) is 0 Å². The quantitative estimate of drug-likeness (QED) is 0.574. The summed E-state index contributed by atoms with van der Waals surface area (Å²) in [6, 6.07) is 13.4. The SMILES string of the molecule is CC(C)c1c(C(=O)NCc2ccc(OC(F)F)cc2)cnn1-c1cccc(Cl)c1. The molecule has 0 radical (unpaired) electrons. The van der Waals surface area contributed by atoms with Crippen LogP contribution in [0.15, 0.2) is 54.7 Å². The number of halogens is 3. The van der Waals surface area contributed by atoms with E-state index in [0.29, 0.717) is 10.6 Å². The van der Waals surface area contributed by atoms with Crippen LogP contribution < -0.4 is 10.1 Å². The van der Waals surface area contributed by atoms with E-state index in [4.69, 9.17) is 11.6 Å². The van der Waals surface area contributed by atoms with Crippen LogP contribution in [0, 0.1) is 0 Å². The first kappa shape index (κ1) is 20.8. The molecule has 1 amide bonds. The molecular formula is C21H20ClF2N3O2. The van der Waals surface area contributed by atoms with Gasteiger partial charge in [0.1, 0.15) is 5.75 Å². The van der Waals surface area contributed by atoms with Gasteiger partial charge >= 0.3 is 6.61 Å². The summed E-state index contributed by atoms with van der Waals surface area (Å²) in [5, 5.41) is 7.79. The number of alkyl halides is 2. The van der Waals surface area contributed by atoms with Crippen molar-refractivity contribution in [3.05, 3.63) is 76.6 Å². The molecule has 0 atom stereocenters. The highest BCUT2D eigenvalue weighted by Crippen LogP contribution is 2.24. The molecule has 0 saturated heterocycles. The Morgan fingerprint density at radius 2 is 1.93 bits per heavy atom. The lowest BCUT2D eigenvalue weighted by Crippen LogP contribution is -2.24. The third-order valence-electron chi connectivity index (χ3n) is 4.25. The molecule has 0 unspecified atom stereocenters. The third-order valence-corrected chi connectivity index (χ3v) is 4.49. The molecule has 0 aliphatic carbocycles. The number of ether oxygens (including phenoxy) is 1. The van der Waals surface area contributed by atoms with Crippen molar-refractivity contribution in [1.82, 2.24) is 15.1 Å². The molecule has 1 aromatic heterocycles. The van der Waals surface area contributed by atoms with Crippen LogP contribution in [-0.2, 0) is 6.54 Å². The highest BCUT2D eigenvalue weighted by atomic mass is 35.5. The maximum Gasteiger partial charge on any atom is 0.387 e. The predicted molar refractivity (Wildman–Crippen MR) is 107 cm³/mol. The van der Waals surface area contributed by atoms with E-state index in [9.17, 15) is 13.6 Å². The fourth-order valence-electron chi connectivity index (χ4n) is 2.97. The molecule has 8 heteroatoms. The van der Waals surface area contributed by atoms with Crippen LogP contribution in [0.4, 0.5) is 8.78 Å². The van der Waals surface area contributed by atoms with Crippen LogP contribution in [0.25, 0.3) is 5.69 Å². The Morgan fingerprint density at radius 3 is 2.55 bits per heavy atom. The normalized spacial score (nSPS) is 11.1. The number of rotatable bonds is 7. The van der Waals surface area contributed by atoms with Crippen LogP contribution in [0.5, 0.6) is 5.75 Å². The summed E-state index contributed by atoms with van der Waals surface area (Å²) in [5.41, 5.74) is 2.77. The number of nitrogens with one attached hydrogen (secondary N) is 1. The minimum Gasteiger partial charge on any atom is -0.435 e. The molecule has 152 valence electrons. The van der Waals surface area contributed by atoms with Crippen molar-refractivity contribution < 1.29 is 18.3 Å². The summed E-state index contributed by atoms with van der Waals surface area (Å²) in [4.78, 5) is 12.8. The number of nitrogens with zero attached hydrogens (tertiary/aromatic N) is 2. The van der Waals surface area contributed by atoms with Crippen molar-refractivity contribution in [3.8, 4) is 11.4 Å². The number of carbonyl (C=O) groups excluding carboxylic acids is 1. The Morgan fingerprint density at radius 1 is 1.21 bits per heavy atom. The largest absolute Gasteiger partial charge is 0.435 e. The zero-order chi connectivity index (χ0) is 21.0. The van der Waals surface area contributed by atoms with E-state index in [-0.39, 0.29) is 24.1 Å². The van der Waals surface area contributed by atoms with Crippen molar-refractivity contribution in [2.45, 2.75) is 32.9 Å². The molecule has 0 bridgehead atoms. The Balaban J connectivity index is 1.75. The maximum absolute atomic E-state index is 12.8. The molecule has 2 aromatic carbocycles. The molecule has 3 rings (SSSR count). The smallest absolute Gasteiger partial charge is 0.387 e. The Hall–Kier alpha value is -2.93. The Bertz CT molecular complexity index is 988. The molecule has 3 aromatic rings. The van der Waals surface area contributed by atoms with Gasteiger partial charge in [-0.1, -0.05) is 43.6 Å². The standard InChI is InChI=1S/C21H20ClF2N3O2/c1-13(2)19-18(12-26-27(19)16-5-3-4-15(22)10-16)20(28)25-11-14-6-8-17(9-7-14)29-21(23)24/h3-10,12-13,21H,11H2,1-2H3,(H,25,28). The van der Waals surface area contributed by atoms with Crippen LogP contribution in [0.1, 0.15) is 41.4 Å². The molecule has 0 saturated carbocycles. The number of hydrogen-bond donors (Lipinski definition) is 1. The zero-order valence-electron chi connectivity index (χ0n) is 15.9. The minimum atomic E-state index is -2.87. The first-order chi connectivity index (χ1) is 13.8. The first-order valence-electron chi connectivity index (χ1n) is 9.01. The molecular weight excluding hydrogens is 400 g/mol. The summed E-state index contributed by atoms with van der Waals surface area (Å²) in [7, 11) is 0. The number of amides is 1. The van der Waals surface area contributed by atoms with E-state index < -0.39 is 6.61 Å². The highest BCUT2D eigenvalue weighted by Gasteiger charge is 2.21. The van der Waals surface area contributed by atoms with Crippen molar-refractivity contribution in [2.75, 3.05) is 0 Å². The van der Waals surface area contributed by atoms with Crippen molar-refractivity contribution in [1.29, 1.82) is 0 Å². The molecule has 1 heterocycles. The molecule has 1 N–H and O–H groups in total. The summed E-state index contributed by atoms with van der Waals surface area (Å²) in [6.45, 7) is 1.34. The van der Waals surface area contributed by atoms with Gasteiger partial charge in [-0.15, -0.1) is 0 Å². The van der Waals surface area contributed by atoms with E-state index in [2.05, 4.69) is 15.2 Å². The zero-order valence-corrected chi connectivity index (χ0v) is 16.7. The van der Waals surface area contributed by atoms with Crippen LogP contribution in [-0.4, -0.2) is 22.3 Å². The van der Waals surface area contributed by atoms with Gasteiger partial charge in [-0.05, 0) is 41.8 Å². The molecule has 0 fully saturated rings. The van der Waals surface area contributed by atoms with E-state index in [1.807, 2.05) is 26.0 Å². The fraction of sp³-hybridized carbons (Fsp3) is 0.238. The maximum atomic E-state index is 12.8. The van der Waals surface area contributed by atoms with Gasteiger partial charge < -0.3 is 10.1 Å². The van der Waals surface area contributed by atoms with Gasteiger partial charge in [-0.2, -0.15) is 13.9 Å². The van der Waals surface area contributed by atoms with Crippen molar-refractivity contribution in [2.24, 2.45) is 0 Å². The third kappa shape index (κ3) is 5.12. The second-order valence-corrected chi connectivity index (χ2v) is 7.13. The first-order valence-corrected chi connectivity index (χ1v) is 9.38. The predicted octanol–water partition coefficient (Wildman–Crippen LogP) is 5.18. The number of carbonyl (C=O) groups is 1. The Labute approximate surface area is 172 Å². The molecule has 0 spiro atoms. The number of benzene rings is 2. The summed E-state index contributed by atoms with van der Waals surface area (Å²) < 4.78 is 30.5. The second kappa shape index (κ2) is 9.05. The van der Waals surface area contributed by atoms with Crippen LogP contribution >= 0.6 is 11.6 Å².